The van der Waals surface area contributed by atoms with Crippen LogP contribution in [0.5, 0.6) is 0 Å². The molecular formula is C37H47N3O17. The summed E-state index contributed by atoms with van der Waals surface area (Å²) in [5, 5.41) is 7.86. The van der Waals surface area contributed by atoms with E-state index in [9.17, 15) is 38.4 Å². The van der Waals surface area contributed by atoms with Crippen LogP contribution in [0.3, 0.4) is 0 Å². The van der Waals surface area contributed by atoms with Crippen LogP contribution in [0.1, 0.15) is 45.2 Å². The lowest BCUT2D eigenvalue weighted by Crippen LogP contribution is -2.70. The summed E-state index contributed by atoms with van der Waals surface area (Å²) in [5.41, 5.74) is 1.87. The number of rotatable bonds is 21. The molecule has 0 aliphatic carbocycles. The van der Waals surface area contributed by atoms with Gasteiger partial charge in [-0.15, -0.1) is 6.42 Å². The maximum absolute atomic E-state index is 13.6. The van der Waals surface area contributed by atoms with E-state index in [1.54, 1.807) is 18.2 Å². The zero-order valence-corrected chi connectivity index (χ0v) is 32.2. The van der Waals surface area contributed by atoms with E-state index in [0.29, 0.717) is 11.3 Å². The van der Waals surface area contributed by atoms with E-state index in [-0.39, 0.29) is 51.8 Å². The Morgan fingerprint density at radius 3 is 2.30 bits per heavy atom. The van der Waals surface area contributed by atoms with Crippen molar-refractivity contribution < 1.29 is 81.0 Å². The van der Waals surface area contributed by atoms with Crippen LogP contribution in [0.25, 0.3) is 0 Å². The highest BCUT2D eigenvalue weighted by Gasteiger charge is 2.59. The Morgan fingerprint density at radius 2 is 1.65 bits per heavy atom. The van der Waals surface area contributed by atoms with Gasteiger partial charge < -0.3 is 58.6 Å². The number of hydrogen-bond acceptors (Lipinski definition) is 17. The summed E-state index contributed by atoms with van der Waals surface area (Å²) in [6, 6.07) is 3.50. The molecular weight excluding hydrogens is 758 g/mol. The van der Waals surface area contributed by atoms with Crippen molar-refractivity contribution in [2.45, 2.75) is 83.2 Å². The summed E-state index contributed by atoms with van der Waals surface area (Å²) in [5.74, 6) is -6.51. The topological polar surface area (TPSA) is 256 Å². The molecule has 3 amide bonds. The van der Waals surface area contributed by atoms with Crippen LogP contribution in [0.4, 0.5) is 5.69 Å². The minimum absolute atomic E-state index is 0.0632. The molecule has 0 saturated carbocycles. The number of fused-ring (bicyclic) bond motifs is 1. The highest BCUT2D eigenvalue weighted by molar-refractivity contribution is 5.99. The van der Waals surface area contributed by atoms with Gasteiger partial charge in [0.15, 0.2) is 18.8 Å². The van der Waals surface area contributed by atoms with Gasteiger partial charge in [-0.2, -0.15) is 0 Å². The molecule has 0 spiro atoms. The van der Waals surface area contributed by atoms with Crippen molar-refractivity contribution in [2.75, 3.05) is 58.6 Å². The average Bonchev–Trinajstić information content (AvgIpc) is 3.52. The van der Waals surface area contributed by atoms with Crippen molar-refractivity contribution in [1.82, 2.24) is 10.6 Å². The molecule has 1 aromatic rings. The number of anilines is 1. The molecule has 1 fully saturated rings. The van der Waals surface area contributed by atoms with Gasteiger partial charge in [0.2, 0.25) is 11.8 Å². The van der Waals surface area contributed by atoms with Crippen LogP contribution >= 0.6 is 0 Å². The van der Waals surface area contributed by atoms with Crippen LogP contribution in [0.2, 0.25) is 0 Å². The van der Waals surface area contributed by atoms with Crippen LogP contribution in [-0.2, 0) is 93.8 Å². The second kappa shape index (κ2) is 22.2. The van der Waals surface area contributed by atoms with Gasteiger partial charge in [-0.3, -0.25) is 33.6 Å². The van der Waals surface area contributed by atoms with Crippen molar-refractivity contribution >= 4 is 53.3 Å². The first-order valence-electron chi connectivity index (χ1n) is 17.7. The summed E-state index contributed by atoms with van der Waals surface area (Å²) in [7, 11) is 1.02. The Labute approximate surface area is 328 Å². The molecule has 1 saturated heterocycles. The number of ether oxygens (including phenoxy) is 9. The normalized spacial score (nSPS) is 20.6. The Morgan fingerprint density at radius 1 is 0.947 bits per heavy atom. The lowest BCUT2D eigenvalue weighted by atomic mass is 9.87. The van der Waals surface area contributed by atoms with Gasteiger partial charge in [-0.25, -0.2) is 4.79 Å². The second-order valence-corrected chi connectivity index (χ2v) is 12.7. The second-order valence-electron chi connectivity index (χ2n) is 12.7. The minimum Gasteiger partial charge on any atom is -0.465 e. The summed E-state index contributed by atoms with van der Waals surface area (Å²) < 4.78 is 49.5. The molecule has 0 radical (unpaired) electrons. The first-order valence-corrected chi connectivity index (χ1v) is 17.7. The van der Waals surface area contributed by atoms with Crippen LogP contribution in [0.15, 0.2) is 18.2 Å². The van der Waals surface area contributed by atoms with Crippen molar-refractivity contribution in [1.29, 1.82) is 0 Å². The molecule has 3 rings (SSSR count). The first-order chi connectivity index (χ1) is 27.1. The smallest absolute Gasteiger partial charge is 0.366 e. The molecule has 2 aliphatic rings. The van der Waals surface area contributed by atoms with Gasteiger partial charge in [0.1, 0.15) is 18.8 Å². The highest BCUT2D eigenvalue weighted by Crippen LogP contribution is 2.37. The highest BCUT2D eigenvalue weighted by atomic mass is 16.7. The molecule has 0 aromatic heterocycles. The van der Waals surface area contributed by atoms with Gasteiger partial charge in [0.05, 0.1) is 65.4 Å². The summed E-state index contributed by atoms with van der Waals surface area (Å²) in [4.78, 5) is 101. The number of hydrogen-bond donors (Lipinski definition) is 3. The fourth-order valence-electron chi connectivity index (χ4n) is 5.99. The van der Waals surface area contributed by atoms with Crippen molar-refractivity contribution in [3.05, 3.63) is 29.3 Å². The van der Waals surface area contributed by atoms with E-state index in [1.165, 1.54) is 0 Å². The van der Waals surface area contributed by atoms with E-state index in [4.69, 9.17) is 49.1 Å². The molecule has 20 heteroatoms. The third kappa shape index (κ3) is 14.4. The molecule has 3 N–H and O–H groups in total. The quantitative estimate of drug-likeness (QED) is 0.0584. The molecule has 0 bridgehead atoms. The van der Waals surface area contributed by atoms with Crippen LogP contribution < -0.4 is 16.0 Å². The Kier molecular flexibility index (Phi) is 17.8. The maximum Gasteiger partial charge on any atom is 0.366 e. The number of nitrogens with one attached hydrogen (secondary N) is 3. The predicted octanol–water partition coefficient (Wildman–Crippen LogP) is -0.976. The number of benzene rings is 1. The van der Waals surface area contributed by atoms with Gasteiger partial charge in [0, 0.05) is 33.4 Å². The SMILES string of the molecule is C#CCOCCOCCO[C@]1(C(=O)OC)C[C@H](OC(C)=O)[C@@H](NC(=O)COC(C)=O)[C@H]([C@H](OC(C)=O)[C@@H](CNC(=O)Cc2ccc3c(c2)NC(=O)C3)OC(C)=O)O1. The summed E-state index contributed by atoms with van der Waals surface area (Å²) >= 11 is 0. The van der Waals surface area contributed by atoms with E-state index in [1.807, 2.05) is 0 Å². The number of carbonyl (C=O) groups excluding carboxylic acids is 8. The third-order valence-electron chi connectivity index (χ3n) is 8.19. The average molecular weight is 806 g/mol. The molecule has 1 aromatic carbocycles. The van der Waals surface area contributed by atoms with E-state index >= 15 is 0 Å². The Balaban J connectivity index is 2.02. The molecule has 20 nitrogen and oxygen atoms in total. The fraction of sp³-hybridized carbons (Fsp3) is 0.568. The van der Waals surface area contributed by atoms with Crippen LogP contribution in [-0.4, -0.2) is 137 Å². The van der Waals surface area contributed by atoms with Crippen molar-refractivity contribution in [3.63, 3.8) is 0 Å². The standard InChI is InChI=1S/C37H47N3O17/c1-7-10-50-11-12-51-13-14-53-37(36(48)49-6)18-28(54-22(3)42)33(40-32(47)20-52-21(2)41)35(57-37)34(56-24(5)44)29(55-23(4)43)19-38-30(45)16-25-8-9-26-17-31(46)39-27(26)15-25/h1,8-9,15,28-29,33-35H,10-14,16-20H2,2-6H3,(H,38,45)(H,39,46)(H,40,47)/t28-,29+,33+,34+,35+,37+/m0/s1. The number of terminal acetylenes is 1. The predicted molar refractivity (Wildman–Crippen MR) is 191 cm³/mol. The van der Waals surface area contributed by atoms with Gasteiger partial charge in [-0.05, 0) is 17.2 Å². The zero-order chi connectivity index (χ0) is 42.1. The van der Waals surface area contributed by atoms with Crippen molar-refractivity contribution in [3.8, 4) is 12.3 Å². The number of esters is 5. The number of methoxy groups -OCH3 is 1. The molecule has 312 valence electrons. The number of carbonyl (C=O) groups is 8. The van der Waals surface area contributed by atoms with E-state index < -0.39 is 97.5 Å². The largest absolute Gasteiger partial charge is 0.465 e. The van der Waals surface area contributed by atoms with Crippen LogP contribution in [0, 0.1) is 12.3 Å². The summed E-state index contributed by atoms with van der Waals surface area (Å²) in [6.45, 7) is 2.69. The van der Waals surface area contributed by atoms with Gasteiger partial charge in [-0.1, -0.05) is 18.1 Å². The molecule has 2 heterocycles. The Bertz CT molecular complexity index is 1690. The van der Waals surface area contributed by atoms with E-state index in [2.05, 4.69) is 21.9 Å². The first kappa shape index (κ1) is 45.8. The lowest BCUT2D eigenvalue weighted by molar-refractivity contribution is -0.315. The van der Waals surface area contributed by atoms with Crippen molar-refractivity contribution in [2.24, 2.45) is 0 Å². The van der Waals surface area contributed by atoms with Gasteiger partial charge in [0.25, 0.3) is 11.7 Å². The molecule has 2 aliphatic heterocycles. The zero-order valence-electron chi connectivity index (χ0n) is 32.2. The van der Waals surface area contributed by atoms with Gasteiger partial charge >= 0.3 is 29.8 Å². The molecule has 6 atom stereocenters. The Hall–Kier alpha value is -5.62. The maximum atomic E-state index is 13.6. The summed E-state index contributed by atoms with van der Waals surface area (Å²) in [6.07, 6.45) is -2.09. The lowest BCUT2D eigenvalue weighted by Gasteiger charge is -2.48. The third-order valence-corrected chi connectivity index (χ3v) is 8.19. The molecule has 57 heavy (non-hydrogen) atoms. The monoisotopic (exact) mass is 805 g/mol. The minimum atomic E-state index is -2.44. The fourth-order valence-corrected chi connectivity index (χ4v) is 5.99. The number of amides is 3. The van der Waals surface area contributed by atoms with E-state index in [0.717, 1.165) is 40.4 Å². The molecule has 0 unspecified atom stereocenters.